The molecule has 1 aliphatic rings. The third-order valence-electron chi connectivity index (χ3n) is 5.12. The van der Waals surface area contributed by atoms with Crippen LogP contribution in [0, 0.1) is 6.92 Å². The van der Waals surface area contributed by atoms with E-state index in [2.05, 4.69) is 0 Å². The van der Waals surface area contributed by atoms with E-state index in [1.807, 2.05) is 19.1 Å². The highest BCUT2D eigenvalue weighted by Crippen LogP contribution is 2.41. The van der Waals surface area contributed by atoms with Crippen LogP contribution in [0.25, 0.3) is 5.76 Å². The van der Waals surface area contributed by atoms with Crippen molar-refractivity contribution in [3.8, 4) is 11.5 Å². The molecule has 2 aromatic rings. The summed E-state index contributed by atoms with van der Waals surface area (Å²) in [6, 6.07) is 11.5. The number of carbonyl (C=O) groups is 2. The van der Waals surface area contributed by atoms with E-state index in [0.29, 0.717) is 22.6 Å². The first-order valence-corrected chi connectivity index (χ1v) is 9.49. The number of hydrogen-bond donors (Lipinski definition) is 1. The number of nitrogens with zero attached hydrogens (tertiary/aromatic N) is 1. The standard InChI is InChI=1S/C23H25NO6/c1-14-5-7-15(8-6-14)21(25)19-20(24(11-12-28-2)23(27)22(19)26)16-9-10-17(29-3)18(13-16)30-4/h5-10,13,20,25H,11-12H2,1-4H3/t20-/m0/s1. The van der Waals surface area contributed by atoms with Gasteiger partial charge in [-0.3, -0.25) is 9.59 Å². The van der Waals surface area contributed by atoms with Crippen LogP contribution < -0.4 is 9.47 Å². The van der Waals surface area contributed by atoms with Crippen molar-refractivity contribution in [2.45, 2.75) is 13.0 Å². The highest BCUT2D eigenvalue weighted by Gasteiger charge is 2.46. The van der Waals surface area contributed by atoms with Gasteiger partial charge in [0, 0.05) is 19.2 Å². The van der Waals surface area contributed by atoms with Gasteiger partial charge >= 0.3 is 0 Å². The Morgan fingerprint density at radius 3 is 2.27 bits per heavy atom. The Hall–Kier alpha value is -3.32. The lowest BCUT2D eigenvalue weighted by atomic mass is 9.94. The molecule has 0 unspecified atom stereocenters. The predicted molar refractivity (Wildman–Crippen MR) is 112 cm³/mol. The van der Waals surface area contributed by atoms with Crippen molar-refractivity contribution >= 4 is 17.4 Å². The van der Waals surface area contributed by atoms with E-state index in [1.54, 1.807) is 30.3 Å². The summed E-state index contributed by atoms with van der Waals surface area (Å²) in [5.74, 6) is -0.645. The van der Waals surface area contributed by atoms with Gasteiger partial charge in [-0.05, 0) is 24.6 Å². The van der Waals surface area contributed by atoms with Crippen LogP contribution in [-0.4, -0.2) is 56.2 Å². The molecule has 30 heavy (non-hydrogen) atoms. The van der Waals surface area contributed by atoms with Crippen molar-refractivity contribution in [3.63, 3.8) is 0 Å². The summed E-state index contributed by atoms with van der Waals surface area (Å²) in [5.41, 5.74) is 2.14. The zero-order valence-electron chi connectivity index (χ0n) is 17.5. The van der Waals surface area contributed by atoms with Crippen LogP contribution in [0.2, 0.25) is 0 Å². The quantitative estimate of drug-likeness (QED) is 0.428. The van der Waals surface area contributed by atoms with Gasteiger partial charge in [-0.2, -0.15) is 0 Å². The molecule has 7 nitrogen and oxygen atoms in total. The molecule has 1 amide bonds. The Morgan fingerprint density at radius 2 is 1.67 bits per heavy atom. The normalized spacial score (nSPS) is 18.0. The summed E-state index contributed by atoms with van der Waals surface area (Å²) in [5, 5.41) is 11.0. The fraction of sp³-hybridized carbons (Fsp3) is 0.304. The third-order valence-corrected chi connectivity index (χ3v) is 5.12. The molecule has 0 aromatic heterocycles. The van der Waals surface area contributed by atoms with Gasteiger partial charge in [0.2, 0.25) is 0 Å². The van der Waals surface area contributed by atoms with Crippen molar-refractivity contribution in [1.82, 2.24) is 4.90 Å². The minimum Gasteiger partial charge on any atom is -0.507 e. The summed E-state index contributed by atoms with van der Waals surface area (Å²) >= 11 is 0. The molecule has 0 saturated carbocycles. The topological polar surface area (TPSA) is 85.3 Å². The number of likely N-dealkylation sites (tertiary alicyclic amines) is 1. The first kappa shape index (κ1) is 21.4. The molecule has 1 aliphatic heterocycles. The SMILES string of the molecule is COCCN1C(=O)C(=O)C(=C(O)c2ccc(C)cc2)[C@@H]1c1ccc(OC)c(OC)c1. The van der Waals surface area contributed by atoms with Crippen LogP contribution in [0.5, 0.6) is 11.5 Å². The fourth-order valence-corrected chi connectivity index (χ4v) is 3.54. The number of aliphatic hydroxyl groups is 1. The monoisotopic (exact) mass is 411 g/mol. The molecule has 0 bridgehead atoms. The van der Waals surface area contributed by atoms with E-state index in [9.17, 15) is 14.7 Å². The molecule has 0 radical (unpaired) electrons. The van der Waals surface area contributed by atoms with Gasteiger partial charge < -0.3 is 24.2 Å². The summed E-state index contributed by atoms with van der Waals surface area (Å²) in [4.78, 5) is 27.1. The van der Waals surface area contributed by atoms with Gasteiger partial charge in [0.15, 0.2) is 11.5 Å². The van der Waals surface area contributed by atoms with Crippen LogP contribution >= 0.6 is 0 Å². The number of methoxy groups -OCH3 is 3. The number of benzene rings is 2. The van der Waals surface area contributed by atoms with Crippen LogP contribution in [0.1, 0.15) is 22.7 Å². The molecule has 1 saturated heterocycles. The van der Waals surface area contributed by atoms with Gasteiger partial charge in [0.25, 0.3) is 11.7 Å². The fourth-order valence-electron chi connectivity index (χ4n) is 3.54. The number of amides is 1. The molecule has 1 N–H and O–H groups in total. The molecule has 1 atom stereocenters. The molecule has 1 fully saturated rings. The van der Waals surface area contributed by atoms with Crippen molar-refractivity contribution in [3.05, 3.63) is 64.7 Å². The van der Waals surface area contributed by atoms with Gasteiger partial charge in [0.05, 0.1) is 32.4 Å². The van der Waals surface area contributed by atoms with Crippen LogP contribution in [0.4, 0.5) is 0 Å². The van der Waals surface area contributed by atoms with Crippen LogP contribution in [0.3, 0.4) is 0 Å². The number of rotatable bonds is 7. The van der Waals surface area contributed by atoms with E-state index in [0.717, 1.165) is 5.56 Å². The Morgan fingerprint density at radius 1 is 1.00 bits per heavy atom. The van der Waals surface area contributed by atoms with E-state index in [-0.39, 0.29) is 24.5 Å². The largest absolute Gasteiger partial charge is 0.507 e. The maximum absolute atomic E-state index is 12.9. The Balaban J connectivity index is 2.18. The molecule has 1 heterocycles. The number of Topliss-reactive ketones (excluding diaryl/α,β-unsaturated/α-hetero) is 1. The second-order valence-electron chi connectivity index (χ2n) is 6.97. The zero-order valence-corrected chi connectivity index (χ0v) is 17.5. The number of carbonyl (C=O) groups excluding carboxylic acids is 2. The second-order valence-corrected chi connectivity index (χ2v) is 6.97. The number of ether oxygens (including phenoxy) is 3. The van der Waals surface area contributed by atoms with Gasteiger partial charge in [-0.25, -0.2) is 0 Å². The lowest BCUT2D eigenvalue weighted by molar-refractivity contribution is -0.140. The van der Waals surface area contributed by atoms with E-state index < -0.39 is 17.7 Å². The summed E-state index contributed by atoms with van der Waals surface area (Å²) in [6.07, 6.45) is 0. The zero-order chi connectivity index (χ0) is 21.8. The molecule has 7 heteroatoms. The molecule has 0 spiro atoms. The average Bonchev–Trinajstić information content (AvgIpc) is 3.01. The molecular formula is C23H25NO6. The van der Waals surface area contributed by atoms with Gasteiger partial charge in [-0.15, -0.1) is 0 Å². The number of hydrogen-bond acceptors (Lipinski definition) is 6. The summed E-state index contributed by atoms with van der Waals surface area (Å²) in [7, 11) is 4.56. The Kier molecular flexibility index (Phi) is 6.42. The minimum absolute atomic E-state index is 0.0344. The maximum Gasteiger partial charge on any atom is 0.295 e. The van der Waals surface area contributed by atoms with E-state index in [1.165, 1.54) is 26.2 Å². The molecule has 2 aromatic carbocycles. The highest BCUT2D eigenvalue weighted by molar-refractivity contribution is 6.46. The molecule has 158 valence electrons. The lowest BCUT2D eigenvalue weighted by Gasteiger charge is -2.25. The highest BCUT2D eigenvalue weighted by atomic mass is 16.5. The average molecular weight is 411 g/mol. The predicted octanol–water partition coefficient (Wildman–Crippen LogP) is 3.08. The maximum atomic E-state index is 12.9. The van der Waals surface area contributed by atoms with Gasteiger partial charge in [0.1, 0.15) is 5.76 Å². The van der Waals surface area contributed by atoms with Crippen LogP contribution in [-0.2, 0) is 14.3 Å². The smallest absolute Gasteiger partial charge is 0.295 e. The lowest BCUT2D eigenvalue weighted by Crippen LogP contribution is -2.32. The number of aliphatic hydroxyl groups excluding tert-OH is 1. The van der Waals surface area contributed by atoms with Crippen molar-refractivity contribution in [2.75, 3.05) is 34.5 Å². The molecule has 0 aliphatic carbocycles. The first-order chi connectivity index (χ1) is 14.4. The molecule has 3 rings (SSSR count). The Bertz CT molecular complexity index is 980. The van der Waals surface area contributed by atoms with Crippen molar-refractivity contribution in [1.29, 1.82) is 0 Å². The Labute approximate surface area is 175 Å². The van der Waals surface area contributed by atoms with Crippen molar-refractivity contribution < 1.29 is 28.9 Å². The number of aryl methyl sites for hydroxylation is 1. The minimum atomic E-state index is -0.777. The summed E-state index contributed by atoms with van der Waals surface area (Å²) < 4.78 is 15.8. The van der Waals surface area contributed by atoms with Crippen molar-refractivity contribution in [2.24, 2.45) is 0 Å². The van der Waals surface area contributed by atoms with E-state index >= 15 is 0 Å². The van der Waals surface area contributed by atoms with E-state index in [4.69, 9.17) is 14.2 Å². The second kappa shape index (κ2) is 9.00. The summed E-state index contributed by atoms with van der Waals surface area (Å²) in [6.45, 7) is 2.38. The third kappa shape index (κ3) is 3.89. The molecular weight excluding hydrogens is 386 g/mol. The number of ketones is 1. The van der Waals surface area contributed by atoms with Crippen LogP contribution in [0.15, 0.2) is 48.0 Å². The first-order valence-electron chi connectivity index (χ1n) is 9.49. The van der Waals surface area contributed by atoms with Gasteiger partial charge in [-0.1, -0.05) is 35.9 Å².